The number of likely N-dealkylation sites (N-methyl/N-ethyl adjacent to an activating group) is 3. The highest BCUT2D eigenvalue weighted by Crippen LogP contribution is 2.33. The van der Waals surface area contributed by atoms with Crippen LogP contribution in [0.15, 0.2) is 103 Å². The van der Waals surface area contributed by atoms with Gasteiger partial charge in [0.2, 0.25) is 53.2 Å². The van der Waals surface area contributed by atoms with Crippen LogP contribution >= 0.6 is 0 Å². The number of rotatable bonds is 36. The van der Waals surface area contributed by atoms with Crippen LogP contribution < -0.4 is 63.8 Å². The largest absolute Gasteiger partial charge is 0.352 e. The zero-order chi connectivity index (χ0) is 80.2. The van der Waals surface area contributed by atoms with Gasteiger partial charge in [0.1, 0.15) is 36.3 Å². The molecule has 3 fully saturated rings. The number of nitrogens with one attached hydrogen (secondary N) is 12. The maximum Gasteiger partial charge on any atom is 0.251 e. The number of hydrogen-bond acceptors (Lipinski definition) is 15. The van der Waals surface area contributed by atoms with Gasteiger partial charge in [-0.2, -0.15) is 0 Å². The molecule has 27 heteroatoms. The molecular weight excluding hydrogens is 1420 g/mol. The van der Waals surface area contributed by atoms with Crippen LogP contribution in [0.3, 0.4) is 0 Å². The fourth-order valence-corrected chi connectivity index (χ4v) is 16.0. The van der Waals surface area contributed by atoms with Crippen molar-refractivity contribution in [3.8, 4) is 0 Å². The maximum absolute atomic E-state index is 14.5. The Bertz CT molecular complexity index is 3710. The molecular formula is C85H121N15O12. The molecule has 3 aliphatic carbocycles. The summed E-state index contributed by atoms with van der Waals surface area (Å²) in [5.41, 5.74) is 5.55. The van der Waals surface area contributed by atoms with Crippen molar-refractivity contribution in [2.45, 2.75) is 254 Å². The smallest absolute Gasteiger partial charge is 0.251 e. The first-order valence-corrected chi connectivity index (χ1v) is 41.0. The van der Waals surface area contributed by atoms with E-state index in [1.54, 1.807) is 56.6 Å². The van der Waals surface area contributed by atoms with E-state index < -0.39 is 78.0 Å². The zero-order valence-corrected chi connectivity index (χ0v) is 66.5. The van der Waals surface area contributed by atoms with E-state index in [0.717, 1.165) is 74.5 Å². The first-order chi connectivity index (χ1) is 54.1. The van der Waals surface area contributed by atoms with Crippen LogP contribution in [0.5, 0.6) is 0 Å². The van der Waals surface area contributed by atoms with E-state index in [9.17, 15) is 57.5 Å². The van der Waals surface area contributed by atoms with Crippen molar-refractivity contribution >= 4 is 70.9 Å². The summed E-state index contributed by atoms with van der Waals surface area (Å²) >= 11 is 0. The van der Waals surface area contributed by atoms with Crippen molar-refractivity contribution in [2.24, 2.45) is 0 Å². The molecule has 3 heterocycles. The third-order valence-corrected chi connectivity index (χ3v) is 22.9. The predicted molar refractivity (Wildman–Crippen MR) is 429 cm³/mol. The van der Waals surface area contributed by atoms with Crippen molar-refractivity contribution in [2.75, 3.05) is 60.4 Å². The first kappa shape index (κ1) is 86.4. The molecule has 0 unspecified atom stereocenters. The summed E-state index contributed by atoms with van der Waals surface area (Å²) in [7, 11) is 4.92. The van der Waals surface area contributed by atoms with Gasteiger partial charge in [0.15, 0.2) is 0 Å². The van der Waals surface area contributed by atoms with Gasteiger partial charge in [0, 0.05) is 62.0 Å². The number of hydrogen-bond donors (Lipinski definition) is 12. The van der Waals surface area contributed by atoms with Gasteiger partial charge in [-0.3, -0.25) is 57.5 Å². The fraction of sp³-hybridized carbons (Fsp3) is 0.576. The van der Waals surface area contributed by atoms with Gasteiger partial charge in [-0.1, -0.05) is 85.0 Å². The molecule has 6 aliphatic rings. The summed E-state index contributed by atoms with van der Waals surface area (Å²) in [4.78, 5) is 174. The summed E-state index contributed by atoms with van der Waals surface area (Å²) in [6.07, 6.45) is 22.2. The quantitative estimate of drug-likeness (QED) is 0.0308. The molecule has 3 saturated heterocycles. The molecule has 0 radical (unpaired) electrons. The highest BCUT2D eigenvalue weighted by Gasteiger charge is 2.43. The highest BCUT2D eigenvalue weighted by molar-refractivity contribution is 6.05. The number of carbonyl (C=O) groups is 12. The third kappa shape index (κ3) is 24.2. The molecule has 3 aliphatic heterocycles. The second-order valence-corrected chi connectivity index (χ2v) is 30.9. The number of amides is 12. The van der Waals surface area contributed by atoms with Gasteiger partial charge in [0.05, 0.1) is 30.2 Å². The molecule has 0 saturated carbocycles. The van der Waals surface area contributed by atoms with Crippen molar-refractivity contribution in [1.82, 2.24) is 78.5 Å². The Labute approximate surface area is 660 Å². The van der Waals surface area contributed by atoms with Gasteiger partial charge in [-0.05, 0) is 243 Å². The van der Waals surface area contributed by atoms with E-state index in [2.05, 4.69) is 82.5 Å². The normalized spacial score (nSPS) is 21.7. The van der Waals surface area contributed by atoms with Gasteiger partial charge in [-0.15, -0.1) is 0 Å². The van der Waals surface area contributed by atoms with E-state index in [-0.39, 0.29) is 121 Å². The molecule has 27 nitrogen and oxygen atoms in total. The second kappa shape index (κ2) is 43.4. The van der Waals surface area contributed by atoms with Gasteiger partial charge in [-0.25, -0.2) is 0 Å². The summed E-state index contributed by atoms with van der Waals surface area (Å²) in [6, 6.07) is 12.9. The Kier molecular flexibility index (Phi) is 33.5. The summed E-state index contributed by atoms with van der Waals surface area (Å²) in [6.45, 7) is 10.5. The number of unbranched alkanes of at least 4 members (excludes halogenated alkanes) is 3. The fourth-order valence-electron chi connectivity index (χ4n) is 16.0. The van der Waals surface area contributed by atoms with Crippen LogP contribution in [0.2, 0.25) is 0 Å². The Morgan fingerprint density at radius 1 is 0.429 bits per heavy atom. The minimum Gasteiger partial charge on any atom is -0.352 e. The molecule has 0 spiro atoms. The standard InChI is InChI=1S/C85H121N15O12/c1-54-27-9-8-10-33-63(34-21-28-54)92-80(107)71-42-24-48-98(71)83(110)68(95-74(101)55(2)86-5)37-15-18-45-89-77(104)60-51-61(78(105)90-46-19-16-38-69(96-75(102)56(3)87-6)84(111)99-49-25-43-72(99)81(108)93-66-40-22-31-58-29-11-13-35-64(58)66)53-62(52-60)79(106)91-47-20-17-39-70(97-76(103)57(4)88-7)85(112)100-50-26-44-73(100)82(109)94-67-41-23-32-59-30-12-14-36-65(59)67/h8-14,27,29-30,35-36,51-53,55-57,63,66-73,86-88H,1,15-26,28,31-34,37-50H2,2-7H3,(H,89,104)(H,90,105)(H,91,106)(H,92,107)(H,93,108)(H,94,109)(H,95,101)(H,96,102)(H,97,103)/b10-8-,27-9-/t55-,56-,57-,63-,66+,67+,68-,69-,70-,71-,72-,73-/m0/s1. The van der Waals surface area contributed by atoms with Gasteiger partial charge in [0.25, 0.3) is 17.7 Å². The van der Waals surface area contributed by atoms with E-state index >= 15 is 0 Å². The number of benzene rings is 3. The number of nitrogens with zero attached hydrogens (tertiary/aromatic N) is 3. The van der Waals surface area contributed by atoms with Crippen LogP contribution in [-0.2, 0) is 56.0 Å². The van der Waals surface area contributed by atoms with Crippen molar-refractivity contribution in [3.63, 3.8) is 0 Å². The zero-order valence-electron chi connectivity index (χ0n) is 66.5. The number of aryl methyl sites for hydroxylation is 2. The predicted octanol–water partition coefficient (Wildman–Crippen LogP) is 5.75. The minimum atomic E-state index is -0.979. The molecule has 3 aromatic rings. The van der Waals surface area contributed by atoms with E-state index in [1.165, 1.54) is 29.3 Å². The van der Waals surface area contributed by atoms with E-state index in [0.29, 0.717) is 103 Å². The van der Waals surface area contributed by atoms with Crippen LogP contribution in [0.1, 0.15) is 234 Å². The molecule has 9 rings (SSSR count). The first-order valence-electron chi connectivity index (χ1n) is 41.0. The Morgan fingerprint density at radius 3 is 1.16 bits per heavy atom. The van der Waals surface area contributed by atoms with Crippen LogP contribution in [0, 0.1) is 0 Å². The number of allylic oxidation sites excluding steroid dienone is 4. The summed E-state index contributed by atoms with van der Waals surface area (Å²) in [5.74, 6) is -4.79. The molecule has 0 bridgehead atoms. The third-order valence-electron chi connectivity index (χ3n) is 22.9. The van der Waals surface area contributed by atoms with Crippen LogP contribution in [-0.4, -0.2) is 206 Å². The lowest BCUT2D eigenvalue weighted by atomic mass is 9.87. The minimum absolute atomic E-state index is 0.00234. The highest BCUT2D eigenvalue weighted by atomic mass is 16.2. The Hall–Kier alpha value is -9.60. The van der Waals surface area contributed by atoms with Gasteiger partial charge < -0.3 is 78.5 Å². The Balaban J connectivity index is 0.848. The van der Waals surface area contributed by atoms with E-state index in [1.807, 2.05) is 60.7 Å². The SMILES string of the molecule is C=C1/C=C\C=C/C[C@H](NC(=O)[C@@H]2CCCN2C(=O)[C@H](CCCCNC(=O)c2cc(C(=O)NCCCC[C@H](NC(=O)[C@H](C)NC)C(=O)N3CCC[C@H]3C(=O)N[C@@H]3CCCc4ccccc43)cc(C(=O)NCCCC[C@H](NC(=O)[C@H](C)NC)C(=O)N3CCC[C@H]3C(=O)N[C@@H]3CCCc4ccccc43)c2)NC(=O)[C@H](C)NC)CCC1. The van der Waals surface area contributed by atoms with Gasteiger partial charge >= 0.3 is 0 Å². The average molecular weight is 1540 g/mol. The lowest BCUT2D eigenvalue weighted by Gasteiger charge is -2.32. The summed E-state index contributed by atoms with van der Waals surface area (Å²) < 4.78 is 0. The monoisotopic (exact) mass is 1540 g/mol. The molecule has 112 heavy (non-hydrogen) atoms. The van der Waals surface area contributed by atoms with Crippen LogP contribution in [0.4, 0.5) is 0 Å². The van der Waals surface area contributed by atoms with Crippen LogP contribution in [0.25, 0.3) is 0 Å². The van der Waals surface area contributed by atoms with Crippen molar-refractivity contribution < 1.29 is 57.5 Å². The molecule has 3 aromatic carbocycles. The molecule has 12 amide bonds. The average Bonchev–Trinajstić information content (AvgIpc) is 1.65. The number of likely N-dealkylation sites (tertiary alicyclic amines) is 3. The lowest BCUT2D eigenvalue weighted by molar-refractivity contribution is -0.142. The number of carbonyl (C=O) groups excluding carboxylic acids is 12. The lowest BCUT2D eigenvalue weighted by Crippen LogP contribution is -2.56. The molecule has 12 N–H and O–H groups in total. The molecule has 12 atom stereocenters. The maximum atomic E-state index is 14.5. The van der Waals surface area contributed by atoms with E-state index in [4.69, 9.17) is 0 Å². The molecule has 0 aromatic heterocycles. The topological polar surface area (TPSA) is 359 Å². The van der Waals surface area contributed by atoms with Crippen molar-refractivity contribution in [3.05, 3.63) is 142 Å². The summed E-state index contributed by atoms with van der Waals surface area (Å²) in [5, 5.41) is 35.9. The second-order valence-electron chi connectivity index (χ2n) is 30.9. The molecule has 608 valence electrons. The number of fused-ring (bicyclic) bond motifs is 2. The Morgan fingerprint density at radius 2 is 0.786 bits per heavy atom. The van der Waals surface area contributed by atoms with Crippen molar-refractivity contribution in [1.29, 1.82) is 0 Å².